The summed E-state index contributed by atoms with van der Waals surface area (Å²) in [4.78, 5) is 4.70. The quantitative estimate of drug-likeness (QED) is 0.270. The summed E-state index contributed by atoms with van der Waals surface area (Å²) in [5, 5.41) is 16.9. The Hall–Kier alpha value is -1.84. The Morgan fingerprint density at radius 1 is 1.16 bits per heavy atom. The van der Waals surface area contributed by atoms with Crippen LogP contribution in [0.15, 0.2) is 47.5 Å². The second-order valence-corrected chi connectivity index (χ2v) is 7.72. The zero-order chi connectivity index (χ0) is 21.3. The first-order valence-corrected chi connectivity index (χ1v) is 10.7. The number of aryl methyl sites for hydroxylation is 2. The number of rotatable bonds is 8. The van der Waals surface area contributed by atoms with Crippen molar-refractivity contribution >= 4 is 29.9 Å². The number of hydrogen-bond donors (Lipinski definition) is 3. The van der Waals surface area contributed by atoms with Gasteiger partial charge in [-0.2, -0.15) is 0 Å². The number of halogens is 1. The lowest BCUT2D eigenvalue weighted by molar-refractivity contribution is 0.140. The second-order valence-electron chi connectivity index (χ2n) is 7.72. The lowest BCUT2D eigenvalue weighted by atomic mass is 10.1. The van der Waals surface area contributed by atoms with Crippen molar-refractivity contribution in [2.45, 2.75) is 45.9 Å². The van der Waals surface area contributed by atoms with Crippen molar-refractivity contribution < 1.29 is 14.6 Å². The molecular formula is C24H34IN3O3. The Labute approximate surface area is 202 Å². The number of benzene rings is 2. The maximum absolute atomic E-state index is 10.5. The van der Waals surface area contributed by atoms with Gasteiger partial charge in [0.2, 0.25) is 0 Å². The van der Waals surface area contributed by atoms with Gasteiger partial charge in [0.05, 0.1) is 25.9 Å². The molecule has 2 aromatic carbocycles. The first kappa shape index (κ1) is 25.4. The summed E-state index contributed by atoms with van der Waals surface area (Å²) < 4.78 is 11.6. The maximum atomic E-state index is 10.5. The predicted octanol–water partition coefficient (Wildman–Crippen LogP) is 3.88. The lowest BCUT2D eigenvalue weighted by Gasteiger charge is -2.17. The fourth-order valence-electron chi connectivity index (χ4n) is 3.29. The summed E-state index contributed by atoms with van der Waals surface area (Å²) in [7, 11) is 0. The van der Waals surface area contributed by atoms with Gasteiger partial charge >= 0.3 is 0 Å². The second kappa shape index (κ2) is 12.9. The number of aliphatic imine (C=N–C) groups is 1. The number of nitrogens with one attached hydrogen (secondary N) is 2. The summed E-state index contributed by atoms with van der Waals surface area (Å²) in [6.07, 6.45) is 0.415. The average molecular weight is 539 g/mol. The van der Waals surface area contributed by atoms with Crippen LogP contribution >= 0.6 is 24.0 Å². The lowest BCUT2D eigenvalue weighted by Crippen LogP contribution is -2.39. The van der Waals surface area contributed by atoms with E-state index in [1.165, 1.54) is 5.56 Å². The Bertz CT molecular complexity index is 836. The Morgan fingerprint density at radius 3 is 2.58 bits per heavy atom. The summed E-state index contributed by atoms with van der Waals surface area (Å²) in [6.45, 7) is 9.11. The molecule has 1 heterocycles. The minimum atomic E-state index is -0.602. The van der Waals surface area contributed by atoms with Gasteiger partial charge in [0, 0.05) is 25.1 Å². The van der Waals surface area contributed by atoms with Crippen molar-refractivity contribution in [1.29, 1.82) is 0 Å². The summed E-state index contributed by atoms with van der Waals surface area (Å²) >= 11 is 0. The van der Waals surface area contributed by atoms with Crippen LogP contribution in [0.5, 0.6) is 5.75 Å². The van der Waals surface area contributed by atoms with Gasteiger partial charge in [0.25, 0.3) is 0 Å². The minimum absolute atomic E-state index is 0. The van der Waals surface area contributed by atoms with Crippen LogP contribution in [0.1, 0.15) is 41.7 Å². The molecule has 1 fully saturated rings. The molecule has 3 N–H and O–H groups in total. The molecule has 0 saturated carbocycles. The van der Waals surface area contributed by atoms with Gasteiger partial charge in [-0.3, -0.25) is 0 Å². The first-order chi connectivity index (χ1) is 14.5. The molecule has 6 nitrogen and oxygen atoms in total. The highest BCUT2D eigenvalue weighted by atomic mass is 127. The van der Waals surface area contributed by atoms with Crippen molar-refractivity contribution in [2.75, 3.05) is 26.3 Å². The van der Waals surface area contributed by atoms with Crippen LogP contribution < -0.4 is 15.4 Å². The largest absolute Gasteiger partial charge is 0.488 e. The highest BCUT2D eigenvalue weighted by Gasteiger charge is 2.18. The molecule has 31 heavy (non-hydrogen) atoms. The summed E-state index contributed by atoms with van der Waals surface area (Å²) in [6, 6.07) is 14.1. The van der Waals surface area contributed by atoms with E-state index in [2.05, 4.69) is 35.8 Å². The standard InChI is InChI=1S/C24H33N3O3.HI/c1-4-25-24(27-15-22(28)19-8-5-17(2)6-9-19)26-14-20-10-7-18(3)13-23(20)30-21-11-12-29-16-21;/h5-10,13,21-22,28H,4,11-12,14-16H2,1-3H3,(H2,25,26,27);1H. The van der Waals surface area contributed by atoms with E-state index in [9.17, 15) is 5.11 Å². The molecule has 0 bridgehead atoms. The molecule has 0 radical (unpaired) electrons. The normalized spacial score (nSPS) is 17.0. The van der Waals surface area contributed by atoms with Gasteiger partial charge in [-0.05, 0) is 38.0 Å². The van der Waals surface area contributed by atoms with Crippen molar-refractivity contribution in [2.24, 2.45) is 4.99 Å². The van der Waals surface area contributed by atoms with E-state index in [0.29, 0.717) is 25.7 Å². The van der Waals surface area contributed by atoms with E-state index < -0.39 is 6.10 Å². The van der Waals surface area contributed by atoms with Gasteiger partial charge in [-0.15, -0.1) is 24.0 Å². The van der Waals surface area contributed by atoms with E-state index in [1.54, 1.807) is 0 Å². The fourth-order valence-corrected chi connectivity index (χ4v) is 3.29. The van der Waals surface area contributed by atoms with Crippen LogP contribution in [0.4, 0.5) is 0 Å². The minimum Gasteiger partial charge on any atom is -0.488 e. The van der Waals surface area contributed by atoms with E-state index in [-0.39, 0.29) is 30.1 Å². The molecule has 2 unspecified atom stereocenters. The molecule has 0 spiro atoms. The van der Waals surface area contributed by atoms with Crippen molar-refractivity contribution in [3.05, 3.63) is 64.7 Å². The van der Waals surface area contributed by atoms with Gasteiger partial charge in [-0.25, -0.2) is 4.99 Å². The molecule has 1 aliphatic heterocycles. The molecule has 0 aliphatic carbocycles. The van der Waals surface area contributed by atoms with Gasteiger partial charge < -0.3 is 25.2 Å². The Morgan fingerprint density at radius 2 is 1.90 bits per heavy atom. The van der Waals surface area contributed by atoms with E-state index in [4.69, 9.17) is 14.5 Å². The van der Waals surface area contributed by atoms with Gasteiger partial charge in [0.15, 0.2) is 5.96 Å². The number of nitrogens with zero attached hydrogens (tertiary/aromatic N) is 1. The van der Waals surface area contributed by atoms with E-state index in [0.717, 1.165) is 42.0 Å². The van der Waals surface area contributed by atoms with Crippen LogP contribution in [0.3, 0.4) is 0 Å². The summed E-state index contributed by atoms with van der Waals surface area (Å²) in [5.41, 5.74) is 4.25. The van der Waals surface area contributed by atoms with Crippen LogP contribution in [0.2, 0.25) is 0 Å². The molecule has 1 aliphatic rings. The number of aliphatic hydroxyl groups excluding tert-OH is 1. The number of aliphatic hydroxyl groups is 1. The molecule has 2 atom stereocenters. The third-order valence-electron chi connectivity index (χ3n) is 5.08. The third kappa shape index (κ3) is 7.97. The molecule has 2 aromatic rings. The van der Waals surface area contributed by atoms with Crippen molar-refractivity contribution in [3.8, 4) is 5.75 Å². The Kier molecular flexibility index (Phi) is 10.6. The van der Waals surface area contributed by atoms with E-state index in [1.807, 2.05) is 38.1 Å². The number of ether oxygens (including phenoxy) is 2. The monoisotopic (exact) mass is 539 g/mol. The summed E-state index contributed by atoms with van der Waals surface area (Å²) in [5.74, 6) is 1.53. The van der Waals surface area contributed by atoms with Crippen molar-refractivity contribution in [1.82, 2.24) is 10.6 Å². The van der Waals surface area contributed by atoms with Crippen LogP contribution in [0, 0.1) is 13.8 Å². The zero-order valence-corrected chi connectivity index (χ0v) is 20.9. The highest BCUT2D eigenvalue weighted by molar-refractivity contribution is 14.0. The van der Waals surface area contributed by atoms with Gasteiger partial charge in [-0.1, -0.05) is 42.0 Å². The highest BCUT2D eigenvalue weighted by Crippen LogP contribution is 2.24. The zero-order valence-electron chi connectivity index (χ0n) is 18.6. The van der Waals surface area contributed by atoms with Crippen LogP contribution in [-0.2, 0) is 11.3 Å². The molecule has 0 amide bonds. The van der Waals surface area contributed by atoms with Crippen LogP contribution in [0.25, 0.3) is 0 Å². The topological polar surface area (TPSA) is 75.1 Å². The SMILES string of the molecule is CCNC(=NCc1ccc(C)cc1OC1CCOC1)NCC(O)c1ccc(C)cc1.I. The maximum Gasteiger partial charge on any atom is 0.191 e. The molecule has 0 aromatic heterocycles. The number of guanidine groups is 1. The molecule has 3 rings (SSSR count). The number of hydrogen-bond acceptors (Lipinski definition) is 4. The molecular weight excluding hydrogens is 505 g/mol. The first-order valence-electron chi connectivity index (χ1n) is 10.7. The molecule has 170 valence electrons. The van der Waals surface area contributed by atoms with Crippen molar-refractivity contribution in [3.63, 3.8) is 0 Å². The fraction of sp³-hybridized carbons (Fsp3) is 0.458. The third-order valence-corrected chi connectivity index (χ3v) is 5.08. The van der Waals surface area contributed by atoms with Crippen LogP contribution in [-0.4, -0.2) is 43.5 Å². The molecule has 7 heteroatoms. The average Bonchev–Trinajstić information content (AvgIpc) is 3.24. The van der Waals surface area contributed by atoms with E-state index >= 15 is 0 Å². The van der Waals surface area contributed by atoms with Gasteiger partial charge in [0.1, 0.15) is 11.9 Å². The smallest absolute Gasteiger partial charge is 0.191 e. The Balaban J connectivity index is 0.00000341. The predicted molar refractivity (Wildman–Crippen MR) is 135 cm³/mol. The molecule has 1 saturated heterocycles.